The fourth-order valence-corrected chi connectivity index (χ4v) is 1.89. The molecule has 0 radical (unpaired) electrons. The SMILES string of the molecule is O=C(O)c1cc(O)ccc1-c1ccc(O)cc1C(=O)O.[NaH]. The molecule has 0 spiro atoms. The van der Waals surface area contributed by atoms with E-state index in [1.807, 2.05) is 0 Å². The maximum absolute atomic E-state index is 11.2. The van der Waals surface area contributed by atoms with Crippen molar-refractivity contribution in [3.8, 4) is 22.6 Å². The number of hydrogen-bond donors (Lipinski definition) is 4. The number of rotatable bonds is 3. The van der Waals surface area contributed by atoms with Gasteiger partial charge in [-0.05, 0) is 47.5 Å². The third-order valence-electron chi connectivity index (χ3n) is 2.76. The van der Waals surface area contributed by atoms with Crippen LogP contribution >= 0.6 is 0 Å². The quantitative estimate of drug-likeness (QED) is 0.638. The van der Waals surface area contributed by atoms with Gasteiger partial charge in [-0.3, -0.25) is 0 Å². The standard InChI is InChI=1S/C14H10O6.Na.H/c15-7-1-3-9(11(5-7)13(17)18)10-4-2-8(16)6-12(10)14(19)20;;/h1-6,15-16H,(H,17,18)(H,19,20);;. The fraction of sp³-hybridized carbons (Fsp3) is 0. The predicted octanol–water partition coefficient (Wildman–Crippen LogP) is 1.51. The Labute approximate surface area is 141 Å². The fourth-order valence-electron chi connectivity index (χ4n) is 1.89. The number of carbonyl (C=O) groups is 2. The van der Waals surface area contributed by atoms with Crippen molar-refractivity contribution >= 4 is 41.5 Å². The second kappa shape index (κ2) is 6.62. The Kier molecular flexibility index (Phi) is 5.37. The molecular weight excluding hydrogens is 287 g/mol. The van der Waals surface area contributed by atoms with Crippen molar-refractivity contribution in [3.05, 3.63) is 47.5 Å². The average Bonchev–Trinajstić information content (AvgIpc) is 2.38. The molecule has 0 aliphatic heterocycles. The molecule has 0 aliphatic rings. The summed E-state index contributed by atoms with van der Waals surface area (Å²) in [5, 5.41) is 36.9. The van der Waals surface area contributed by atoms with E-state index in [2.05, 4.69) is 0 Å². The molecule has 2 aromatic rings. The summed E-state index contributed by atoms with van der Waals surface area (Å²) in [6, 6.07) is 7.24. The number of phenols is 2. The van der Waals surface area contributed by atoms with Crippen LogP contribution in [-0.4, -0.2) is 61.9 Å². The first kappa shape index (κ1) is 17.0. The van der Waals surface area contributed by atoms with Gasteiger partial charge in [-0.15, -0.1) is 0 Å². The molecule has 0 heterocycles. The summed E-state index contributed by atoms with van der Waals surface area (Å²) in [5.74, 6) is -3.05. The Hall–Kier alpha value is -2.02. The summed E-state index contributed by atoms with van der Waals surface area (Å²) >= 11 is 0. The zero-order chi connectivity index (χ0) is 14.9. The van der Waals surface area contributed by atoms with Crippen molar-refractivity contribution in [1.29, 1.82) is 0 Å². The minimum atomic E-state index is -1.29. The molecule has 7 heteroatoms. The Bertz CT molecular complexity index is 649. The van der Waals surface area contributed by atoms with Crippen molar-refractivity contribution in [2.45, 2.75) is 0 Å². The van der Waals surface area contributed by atoms with Crippen LogP contribution in [0.5, 0.6) is 11.5 Å². The van der Waals surface area contributed by atoms with Crippen molar-refractivity contribution in [2.24, 2.45) is 0 Å². The van der Waals surface area contributed by atoms with Crippen LogP contribution in [0.4, 0.5) is 0 Å². The molecule has 0 aliphatic carbocycles. The number of carboxylic acid groups (broad SMARTS) is 2. The first-order valence-electron chi connectivity index (χ1n) is 5.53. The molecular formula is C14H11NaO6. The van der Waals surface area contributed by atoms with Crippen molar-refractivity contribution in [3.63, 3.8) is 0 Å². The topological polar surface area (TPSA) is 115 Å². The van der Waals surface area contributed by atoms with Crippen LogP contribution in [0.2, 0.25) is 0 Å². The van der Waals surface area contributed by atoms with E-state index in [1.165, 1.54) is 24.3 Å². The van der Waals surface area contributed by atoms with Crippen LogP contribution in [0, 0.1) is 0 Å². The van der Waals surface area contributed by atoms with Gasteiger partial charge in [-0.25, -0.2) is 9.59 Å². The summed E-state index contributed by atoms with van der Waals surface area (Å²) in [5.41, 5.74) is -0.156. The zero-order valence-corrected chi connectivity index (χ0v) is 10.1. The van der Waals surface area contributed by atoms with Gasteiger partial charge in [0.25, 0.3) is 0 Å². The second-order valence-electron chi connectivity index (χ2n) is 4.07. The molecule has 0 aromatic heterocycles. The minimum absolute atomic E-state index is 0. The number of hydrogen-bond acceptors (Lipinski definition) is 4. The Morgan fingerprint density at radius 3 is 1.33 bits per heavy atom. The second-order valence-corrected chi connectivity index (χ2v) is 4.07. The van der Waals surface area contributed by atoms with E-state index < -0.39 is 11.9 Å². The first-order chi connectivity index (χ1) is 9.40. The molecule has 0 saturated carbocycles. The summed E-state index contributed by atoms with van der Waals surface area (Å²) < 4.78 is 0. The number of benzene rings is 2. The third-order valence-corrected chi connectivity index (χ3v) is 2.76. The Morgan fingerprint density at radius 2 is 1.05 bits per heavy atom. The predicted molar refractivity (Wildman–Crippen MR) is 76.3 cm³/mol. The molecule has 0 fully saturated rings. The molecule has 2 aromatic carbocycles. The van der Waals surface area contributed by atoms with Gasteiger partial charge < -0.3 is 20.4 Å². The Morgan fingerprint density at radius 1 is 0.714 bits per heavy atom. The molecule has 21 heavy (non-hydrogen) atoms. The van der Waals surface area contributed by atoms with Gasteiger partial charge in [0.1, 0.15) is 11.5 Å². The van der Waals surface area contributed by atoms with Crippen LogP contribution in [0.15, 0.2) is 36.4 Å². The monoisotopic (exact) mass is 298 g/mol. The molecule has 6 nitrogen and oxygen atoms in total. The van der Waals surface area contributed by atoms with Gasteiger partial charge >= 0.3 is 41.5 Å². The number of phenolic OH excluding ortho intramolecular Hbond substituents is 2. The van der Waals surface area contributed by atoms with Crippen molar-refractivity contribution < 1.29 is 30.0 Å². The maximum atomic E-state index is 11.2. The Balaban J connectivity index is 0.00000220. The molecule has 0 atom stereocenters. The van der Waals surface area contributed by atoms with Gasteiger partial charge in [0.2, 0.25) is 0 Å². The van der Waals surface area contributed by atoms with E-state index in [0.717, 1.165) is 12.1 Å². The van der Waals surface area contributed by atoms with Crippen LogP contribution in [0.1, 0.15) is 20.7 Å². The van der Waals surface area contributed by atoms with E-state index in [-0.39, 0.29) is 63.3 Å². The average molecular weight is 298 g/mol. The van der Waals surface area contributed by atoms with Crippen LogP contribution < -0.4 is 0 Å². The van der Waals surface area contributed by atoms with E-state index >= 15 is 0 Å². The molecule has 4 N–H and O–H groups in total. The summed E-state index contributed by atoms with van der Waals surface area (Å²) in [4.78, 5) is 22.4. The summed E-state index contributed by atoms with van der Waals surface area (Å²) in [6.07, 6.45) is 0. The number of aromatic carboxylic acids is 2. The molecule has 0 saturated heterocycles. The zero-order valence-electron chi connectivity index (χ0n) is 10.1. The van der Waals surface area contributed by atoms with Crippen LogP contribution in [-0.2, 0) is 0 Å². The molecule has 0 amide bonds. The molecule has 2 rings (SSSR count). The van der Waals surface area contributed by atoms with Gasteiger partial charge in [-0.1, -0.05) is 0 Å². The third kappa shape index (κ3) is 3.55. The summed E-state index contributed by atoms with van der Waals surface area (Å²) in [6.45, 7) is 0. The van der Waals surface area contributed by atoms with Crippen molar-refractivity contribution in [2.75, 3.05) is 0 Å². The number of aromatic hydroxyl groups is 2. The van der Waals surface area contributed by atoms with Crippen molar-refractivity contribution in [1.82, 2.24) is 0 Å². The molecule has 0 unspecified atom stereocenters. The number of carboxylic acids is 2. The van der Waals surface area contributed by atoms with Crippen LogP contribution in [0.25, 0.3) is 11.1 Å². The van der Waals surface area contributed by atoms with Gasteiger partial charge in [0, 0.05) is 0 Å². The van der Waals surface area contributed by atoms with E-state index in [9.17, 15) is 19.8 Å². The normalized spacial score (nSPS) is 9.71. The summed E-state index contributed by atoms with van der Waals surface area (Å²) in [7, 11) is 0. The van der Waals surface area contributed by atoms with Gasteiger partial charge in [0.05, 0.1) is 11.1 Å². The van der Waals surface area contributed by atoms with Gasteiger partial charge in [0.15, 0.2) is 0 Å². The van der Waals surface area contributed by atoms with Crippen LogP contribution in [0.3, 0.4) is 0 Å². The van der Waals surface area contributed by atoms with Gasteiger partial charge in [-0.2, -0.15) is 0 Å². The van der Waals surface area contributed by atoms with E-state index in [1.54, 1.807) is 0 Å². The molecule has 0 bridgehead atoms. The first-order valence-corrected chi connectivity index (χ1v) is 5.53. The van der Waals surface area contributed by atoms with E-state index in [4.69, 9.17) is 10.2 Å². The van der Waals surface area contributed by atoms with E-state index in [0.29, 0.717) is 0 Å². The molecule has 104 valence electrons.